The molecule has 1 unspecified atom stereocenters. The number of nitrogens with zero attached hydrogens (tertiary/aromatic N) is 3. The first-order valence-corrected chi connectivity index (χ1v) is 7.53. The largest absolute Gasteiger partial charge is 0.364 e. The van der Waals surface area contributed by atoms with Crippen LogP contribution in [0.1, 0.15) is 40.3 Å². The van der Waals surface area contributed by atoms with Gasteiger partial charge in [-0.3, -0.25) is 9.78 Å². The zero-order valence-corrected chi connectivity index (χ0v) is 13.7. The maximum Gasteiger partial charge on any atom is 0.256 e. The molecule has 2 heterocycles. The summed E-state index contributed by atoms with van der Waals surface area (Å²) in [6, 6.07) is 9.55. The van der Waals surface area contributed by atoms with Crippen molar-refractivity contribution < 1.29 is 9.32 Å². The summed E-state index contributed by atoms with van der Waals surface area (Å²) >= 11 is 0. The van der Waals surface area contributed by atoms with Crippen molar-refractivity contribution in [2.45, 2.75) is 26.8 Å². The second-order valence-electron chi connectivity index (χ2n) is 5.83. The van der Waals surface area contributed by atoms with Crippen LogP contribution in [0.4, 0.5) is 0 Å². The van der Waals surface area contributed by atoms with Crippen LogP contribution in [0.5, 0.6) is 0 Å². The van der Waals surface area contributed by atoms with Gasteiger partial charge in [0.1, 0.15) is 12.0 Å². The molecule has 1 amide bonds. The van der Waals surface area contributed by atoms with Gasteiger partial charge in [0.05, 0.1) is 22.8 Å². The van der Waals surface area contributed by atoms with Crippen molar-refractivity contribution >= 4 is 16.8 Å². The summed E-state index contributed by atoms with van der Waals surface area (Å²) < 4.78 is 4.87. The van der Waals surface area contributed by atoms with E-state index in [1.165, 1.54) is 6.26 Å². The molecule has 1 atom stereocenters. The molecule has 5 heteroatoms. The van der Waals surface area contributed by atoms with Crippen LogP contribution in [-0.4, -0.2) is 28.0 Å². The summed E-state index contributed by atoms with van der Waals surface area (Å²) in [6.45, 7) is 5.81. The number of amides is 1. The number of rotatable bonds is 3. The Morgan fingerprint density at radius 1 is 1.22 bits per heavy atom. The summed E-state index contributed by atoms with van der Waals surface area (Å²) in [5.41, 5.74) is 4.11. The number of hydrogen-bond donors (Lipinski definition) is 0. The fourth-order valence-corrected chi connectivity index (χ4v) is 2.61. The molecule has 5 nitrogen and oxygen atoms in total. The zero-order valence-electron chi connectivity index (χ0n) is 13.7. The number of pyridine rings is 1. The molecule has 2 aromatic heterocycles. The van der Waals surface area contributed by atoms with Crippen LogP contribution >= 0.6 is 0 Å². The number of hydrogen-bond acceptors (Lipinski definition) is 4. The molecule has 0 N–H and O–H groups in total. The molecule has 23 heavy (non-hydrogen) atoms. The first kappa shape index (κ1) is 15.2. The lowest BCUT2D eigenvalue weighted by molar-refractivity contribution is 0.0736. The minimum Gasteiger partial charge on any atom is -0.364 e. The second-order valence-corrected chi connectivity index (χ2v) is 5.83. The number of aromatic nitrogens is 2. The first-order chi connectivity index (χ1) is 11.0. The molecule has 3 rings (SSSR count). The lowest BCUT2D eigenvalue weighted by Crippen LogP contribution is -2.30. The Morgan fingerprint density at radius 2 is 2.00 bits per heavy atom. The van der Waals surface area contributed by atoms with Crippen molar-refractivity contribution in [1.29, 1.82) is 0 Å². The monoisotopic (exact) mass is 309 g/mol. The predicted octanol–water partition coefficient (Wildman–Crippen LogP) is 3.67. The van der Waals surface area contributed by atoms with E-state index in [4.69, 9.17) is 4.52 Å². The average Bonchev–Trinajstić information content (AvgIpc) is 3.07. The number of aryl methyl sites for hydroxylation is 2. The quantitative estimate of drug-likeness (QED) is 0.740. The van der Waals surface area contributed by atoms with E-state index in [0.717, 1.165) is 27.9 Å². The van der Waals surface area contributed by atoms with Gasteiger partial charge in [-0.15, -0.1) is 0 Å². The van der Waals surface area contributed by atoms with Gasteiger partial charge in [0.15, 0.2) is 0 Å². The second kappa shape index (κ2) is 5.83. The lowest BCUT2D eigenvalue weighted by Gasteiger charge is -2.24. The van der Waals surface area contributed by atoms with Crippen molar-refractivity contribution in [2.24, 2.45) is 0 Å². The van der Waals surface area contributed by atoms with E-state index in [-0.39, 0.29) is 11.9 Å². The molecular weight excluding hydrogens is 290 g/mol. The van der Waals surface area contributed by atoms with Crippen molar-refractivity contribution in [3.05, 3.63) is 59.1 Å². The third-order valence-corrected chi connectivity index (χ3v) is 4.18. The van der Waals surface area contributed by atoms with Crippen LogP contribution in [0.3, 0.4) is 0 Å². The topological polar surface area (TPSA) is 59.2 Å². The Morgan fingerprint density at radius 3 is 2.70 bits per heavy atom. The van der Waals surface area contributed by atoms with Gasteiger partial charge in [-0.1, -0.05) is 16.8 Å². The first-order valence-electron chi connectivity index (χ1n) is 7.53. The van der Waals surface area contributed by atoms with Gasteiger partial charge in [-0.2, -0.15) is 0 Å². The normalized spacial score (nSPS) is 12.3. The average molecular weight is 309 g/mol. The standard InChI is InChI=1S/C18H19N3O2/c1-11-5-6-17-14(9-11)10-15(12(2)19-17)18(22)21(4)13(3)16-7-8-23-20-16/h5-10,13H,1-4H3. The highest BCUT2D eigenvalue weighted by molar-refractivity contribution is 5.98. The van der Waals surface area contributed by atoms with Crippen molar-refractivity contribution in [3.63, 3.8) is 0 Å². The highest BCUT2D eigenvalue weighted by Crippen LogP contribution is 2.23. The fraction of sp³-hybridized carbons (Fsp3) is 0.278. The maximum absolute atomic E-state index is 12.9. The van der Waals surface area contributed by atoms with Gasteiger partial charge in [0, 0.05) is 18.5 Å². The minimum atomic E-state index is -0.172. The smallest absolute Gasteiger partial charge is 0.256 e. The molecule has 1 aromatic carbocycles. The minimum absolute atomic E-state index is 0.0751. The third-order valence-electron chi connectivity index (χ3n) is 4.18. The Hall–Kier alpha value is -2.69. The maximum atomic E-state index is 12.9. The summed E-state index contributed by atoms with van der Waals surface area (Å²) in [5, 5.41) is 4.89. The number of benzene rings is 1. The van der Waals surface area contributed by atoms with E-state index < -0.39 is 0 Å². The van der Waals surface area contributed by atoms with Gasteiger partial charge in [0.25, 0.3) is 5.91 Å². The van der Waals surface area contributed by atoms with Crippen LogP contribution in [-0.2, 0) is 0 Å². The van der Waals surface area contributed by atoms with E-state index in [2.05, 4.69) is 10.1 Å². The molecule has 3 aromatic rings. The fourth-order valence-electron chi connectivity index (χ4n) is 2.61. The van der Waals surface area contributed by atoms with Gasteiger partial charge < -0.3 is 9.42 Å². The number of carbonyl (C=O) groups is 1. The van der Waals surface area contributed by atoms with Gasteiger partial charge in [0.2, 0.25) is 0 Å². The van der Waals surface area contributed by atoms with E-state index >= 15 is 0 Å². The Balaban J connectivity index is 1.98. The van der Waals surface area contributed by atoms with Crippen molar-refractivity contribution in [3.8, 4) is 0 Å². The zero-order chi connectivity index (χ0) is 16.6. The molecule has 0 aliphatic carbocycles. The van der Waals surface area contributed by atoms with Crippen LogP contribution in [0.25, 0.3) is 10.9 Å². The summed E-state index contributed by atoms with van der Waals surface area (Å²) in [4.78, 5) is 19.1. The van der Waals surface area contributed by atoms with Crippen LogP contribution < -0.4 is 0 Å². The molecule has 0 aliphatic heterocycles. The van der Waals surface area contributed by atoms with Crippen LogP contribution in [0, 0.1) is 13.8 Å². The highest BCUT2D eigenvalue weighted by Gasteiger charge is 2.22. The van der Waals surface area contributed by atoms with Crippen LogP contribution in [0.15, 0.2) is 41.1 Å². The van der Waals surface area contributed by atoms with Gasteiger partial charge in [-0.25, -0.2) is 0 Å². The number of fused-ring (bicyclic) bond motifs is 1. The molecule has 0 radical (unpaired) electrons. The van der Waals surface area contributed by atoms with E-state index in [1.54, 1.807) is 18.0 Å². The van der Waals surface area contributed by atoms with Crippen molar-refractivity contribution in [2.75, 3.05) is 7.05 Å². The Kier molecular flexibility index (Phi) is 3.86. The summed E-state index contributed by atoms with van der Waals surface area (Å²) in [5.74, 6) is -0.0751. The molecule has 0 spiro atoms. The molecule has 0 aliphatic rings. The molecule has 118 valence electrons. The Bertz CT molecular complexity index is 856. The third kappa shape index (κ3) is 2.82. The van der Waals surface area contributed by atoms with E-state index in [0.29, 0.717) is 5.56 Å². The molecule has 0 fully saturated rings. The molecule has 0 saturated heterocycles. The summed E-state index contributed by atoms with van der Waals surface area (Å²) in [7, 11) is 1.77. The van der Waals surface area contributed by atoms with E-state index in [9.17, 15) is 4.79 Å². The molecule has 0 saturated carbocycles. The summed E-state index contributed by atoms with van der Waals surface area (Å²) in [6.07, 6.45) is 1.51. The molecular formula is C18H19N3O2. The number of carbonyl (C=O) groups excluding carboxylic acids is 1. The highest BCUT2D eigenvalue weighted by atomic mass is 16.5. The van der Waals surface area contributed by atoms with Crippen molar-refractivity contribution in [1.82, 2.24) is 15.0 Å². The molecule has 0 bridgehead atoms. The SMILES string of the molecule is Cc1ccc2nc(C)c(C(=O)N(C)C(C)c3ccon3)cc2c1. The Labute approximate surface area is 134 Å². The van der Waals surface area contributed by atoms with Gasteiger partial charge in [-0.05, 0) is 39.0 Å². The predicted molar refractivity (Wildman–Crippen MR) is 88.2 cm³/mol. The lowest BCUT2D eigenvalue weighted by atomic mass is 10.1. The van der Waals surface area contributed by atoms with Crippen LogP contribution in [0.2, 0.25) is 0 Å². The van der Waals surface area contributed by atoms with E-state index in [1.807, 2.05) is 45.0 Å². The van der Waals surface area contributed by atoms with Gasteiger partial charge >= 0.3 is 0 Å².